The second kappa shape index (κ2) is 4.50. The molecule has 8 heteroatoms. The summed E-state index contributed by atoms with van der Waals surface area (Å²) in [5.74, 6) is -1.93. The summed E-state index contributed by atoms with van der Waals surface area (Å²) >= 11 is 0.777. The minimum absolute atomic E-state index is 0.108. The number of aromatic nitrogens is 3. The Morgan fingerprint density at radius 1 is 1.53 bits per heavy atom. The summed E-state index contributed by atoms with van der Waals surface area (Å²) in [5.41, 5.74) is -0.446. The van der Waals surface area contributed by atoms with Gasteiger partial charge in [-0.15, -0.1) is 10.2 Å². The van der Waals surface area contributed by atoms with Crippen molar-refractivity contribution in [2.45, 2.75) is 17.2 Å². The van der Waals surface area contributed by atoms with Crippen LogP contribution in [0, 0.1) is 12.7 Å². The maximum absolute atomic E-state index is 13.7. The summed E-state index contributed by atoms with van der Waals surface area (Å²) in [6.07, 6.45) is 1.21. The van der Waals surface area contributed by atoms with Gasteiger partial charge < -0.3 is 9.52 Å². The third-order valence-electron chi connectivity index (χ3n) is 1.78. The number of aryl methyl sites for hydroxylation is 1. The zero-order valence-corrected chi connectivity index (χ0v) is 9.36. The fraction of sp³-hybridized carbons (Fsp3) is 0.111. The fourth-order valence-corrected chi connectivity index (χ4v) is 1.79. The molecule has 0 aromatic carbocycles. The summed E-state index contributed by atoms with van der Waals surface area (Å²) in [7, 11) is 0. The van der Waals surface area contributed by atoms with Gasteiger partial charge in [0.25, 0.3) is 5.22 Å². The largest absolute Gasteiger partial charge is 0.478 e. The number of carbonyl (C=O) groups is 1. The highest BCUT2D eigenvalue weighted by Gasteiger charge is 2.17. The molecule has 2 rings (SSSR count). The van der Waals surface area contributed by atoms with Crippen LogP contribution in [0.4, 0.5) is 4.39 Å². The maximum atomic E-state index is 13.7. The van der Waals surface area contributed by atoms with Crippen molar-refractivity contribution in [2.75, 3.05) is 0 Å². The van der Waals surface area contributed by atoms with Gasteiger partial charge in [-0.2, -0.15) is 0 Å². The molecule has 1 N–H and O–H groups in total. The fourth-order valence-electron chi connectivity index (χ4n) is 1.06. The number of hydrogen-bond donors (Lipinski definition) is 1. The first-order valence-corrected chi connectivity index (χ1v) is 5.25. The maximum Gasteiger partial charge on any atom is 0.338 e. The lowest BCUT2D eigenvalue weighted by atomic mass is 10.3. The average Bonchev–Trinajstić information content (AvgIpc) is 2.67. The molecule has 0 atom stereocenters. The predicted molar refractivity (Wildman–Crippen MR) is 54.3 cm³/mol. The molecule has 2 aromatic rings. The van der Waals surface area contributed by atoms with E-state index in [0.717, 1.165) is 17.8 Å². The van der Waals surface area contributed by atoms with Gasteiger partial charge >= 0.3 is 5.97 Å². The van der Waals surface area contributed by atoms with Crippen LogP contribution in [0.3, 0.4) is 0 Å². The van der Waals surface area contributed by atoms with Crippen LogP contribution in [-0.4, -0.2) is 26.3 Å². The second-order valence-corrected chi connectivity index (χ2v) is 3.91. The molecule has 0 aliphatic carbocycles. The van der Waals surface area contributed by atoms with Crippen molar-refractivity contribution in [3.8, 4) is 0 Å². The Balaban J connectivity index is 2.33. The Morgan fingerprint density at radius 3 is 2.88 bits per heavy atom. The van der Waals surface area contributed by atoms with Gasteiger partial charge in [0.1, 0.15) is 5.03 Å². The number of hydrogen-bond acceptors (Lipinski definition) is 6. The van der Waals surface area contributed by atoms with Crippen molar-refractivity contribution < 1.29 is 18.7 Å². The Kier molecular flexibility index (Phi) is 3.05. The third-order valence-corrected chi connectivity index (χ3v) is 2.60. The molecule has 0 aliphatic rings. The van der Waals surface area contributed by atoms with E-state index in [1.165, 1.54) is 6.20 Å². The number of carboxylic acids is 1. The number of rotatable bonds is 3. The summed E-state index contributed by atoms with van der Waals surface area (Å²) in [6.45, 7) is 1.59. The van der Waals surface area contributed by atoms with Gasteiger partial charge in [-0.05, 0) is 17.8 Å². The zero-order valence-electron chi connectivity index (χ0n) is 8.55. The van der Waals surface area contributed by atoms with E-state index in [4.69, 9.17) is 9.52 Å². The van der Waals surface area contributed by atoms with Crippen LogP contribution >= 0.6 is 11.8 Å². The first kappa shape index (κ1) is 11.5. The minimum Gasteiger partial charge on any atom is -0.478 e. The molecule has 0 fully saturated rings. The van der Waals surface area contributed by atoms with Crippen molar-refractivity contribution in [3.05, 3.63) is 29.5 Å². The Labute approximate surface area is 98.9 Å². The Hall–Kier alpha value is -1.96. The minimum atomic E-state index is -1.35. The number of pyridine rings is 1. The molecule has 2 aromatic heterocycles. The van der Waals surface area contributed by atoms with Crippen molar-refractivity contribution in [2.24, 2.45) is 0 Å². The van der Waals surface area contributed by atoms with Crippen molar-refractivity contribution in [3.63, 3.8) is 0 Å². The highest BCUT2D eigenvalue weighted by atomic mass is 32.2. The molecule has 0 saturated heterocycles. The number of halogens is 1. The molecule has 0 amide bonds. The molecule has 0 unspecified atom stereocenters. The average molecular weight is 255 g/mol. The van der Waals surface area contributed by atoms with E-state index in [0.29, 0.717) is 5.89 Å². The van der Waals surface area contributed by atoms with Crippen LogP contribution in [0.2, 0.25) is 0 Å². The summed E-state index contributed by atoms with van der Waals surface area (Å²) < 4.78 is 18.7. The smallest absolute Gasteiger partial charge is 0.338 e. The van der Waals surface area contributed by atoms with E-state index < -0.39 is 17.3 Å². The van der Waals surface area contributed by atoms with E-state index in [2.05, 4.69) is 15.2 Å². The normalized spacial score (nSPS) is 10.5. The Morgan fingerprint density at radius 2 is 2.29 bits per heavy atom. The molecule has 0 radical (unpaired) electrons. The van der Waals surface area contributed by atoms with Crippen LogP contribution in [0.15, 0.2) is 26.9 Å². The van der Waals surface area contributed by atoms with E-state index in [1.54, 1.807) is 6.92 Å². The number of carboxylic acid groups (broad SMARTS) is 1. The third kappa shape index (κ3) is 2.41. The summed E-state index contributed by atoms with van der Waals surface area (Å²) in [4.78, 5) is 14.4. The molecule has 6 nitrogen and oxygen atoms in total. The van der Waals surface area contributed by atoms with Gasteiger partial charge in [-0.1, -0.05) is 0 Å². The quantitative estimate of drug-likeness (QED) is 0.893. The standard InChI is InChI=1S/C9H6FN3O3S/c1-4-12-13-9(16-4)17-7-6(10)5(8(14)15)2-3-11-7/h2-3H,1H3,(H,14,15). The van der Waals surface area contributed by atoms with E-state index in [-0.39, 0.29) is 10.2 Å². The van der Waals surface area contributed by atoms with Gasteiger partial charge in [0.15, 0.2) is 5.82 Å². The van der Waals surface area contributed by atoms with E-state index >= 15 is 0 Å². The highest BCUT2D eigenvalue weighted by Crippen LogP contribution is 2.27. The van der Waals surface area contributed by atoms with Crippen molar-refractivity contribution in [1.82, 2.24) is 15.2 Å². The monoisotopic (exact) mass is 255 g/mol. The van der Waals surface area contributed by atoms with Gasteiger partial charge in [0.2, 0.25) is 5.89 Å². The lowest BCUT2D eigenvalue weighted by molar-refractivity contribution is 0.0691. The molecule has 0 saturated carbocycles. The molecule has 2 heterocycles. The topological polar surface area (TPSA) is 89.1 Å². The molecule has 0 bridgehead atoms. The molecular weight excluding hydrogens is 249 g/mol. The lowest BCUT2D eigenvalue weighted by Crippen LogP contribution is -2.02. The lowest BCUT2D eigenvalue weighted by Gasteiger charge is -2.00. The van der Waals surface area contributed by atoms with Gasteiger partial charge in [-0.25, -0.2) is 14.2 Å². The predicted octanol–water partition coefficient (Wildman–Crippen LogP) is 1.76. The second-order valence-electron chi connectivity index (χ2n) is 2.97. The number of nitrogens with zero attached hydrogens (tertiary/aromatic N) is 3. The summed E-state index contributed by atoms with van der Waals surface area (Å²) in [6, 6.07) is 1.08. The first-order chi connectivity index (χ1) is 8.08. The van der Waals surface area contributed by atoms with Crippen LogP contribution in [-0.2, 0) is 0 Å². The van der Waals surface area contributed by atoms with Crippen molar-refractivity contribution >= 4 is 17.7 Å². The van der Waals surface area contributed by atoms with Gasteiger partial charge in [0.05, 0.1) is 5.56 Å². The zero-order chi connectivity index (χ0) is 12.4. The van der Waals surface area contributed by atoms with Gasteiger partial charge in [-0.3, -0.25) is 0 Å². The first-order valence-electron chi connectivity index (χ1n) is 4.43. The Bertz CT molecular complexity index is 572. The molecule has 88 valence electrons. The molecular formula is C9H6FN3O3S. The van der Waals surface area contributed by atoms with Crippen LogP contribution in [0.5, 0.6) is 0 Å². The van der Waals surface area contributed by atoms with Crippen LogP contribution in [0.25, 0.3) is 0 Å². The summed E-state index contributed by atoms with van der Waals surface area (Å²) in [5, 5.41) is 15.9. The van der Waals surface area contributed by atoms with Crippen LogP contribution in [0.1, 0.15) is 16.2 Å². The van der Waals surface area contributed by atoms with Crippen LogP contribution < -0.4 is 0 Å². The van der Waals surface area contributed by atoms with E-state index in [1.807, 2.05) is 0 Å². The van der Waals surface area contributed by atoms with E-state index in [9.17, 15) is 9.18 Å². The van der Waals surface area contributed by atoms with Gasteiger partial charge in [0, 0.05) is 13.1 Å². The SMILES string of the molecule is Cc1nnc(Sc2nccc(C(=O)O)c2F)o1. The highest BCUT2D eigenvalue weighted by molar-refractivity contribution is 7.99. The molecule has 17 heavy (non-hydrogen) atoms. The molecule has 0 spiro atoms. The number of aromatic carboxylic acids is 1. The van der Waals surface area contributed by atoms with Crippen molar-refractivity contribution in [1.29, 1.82) is 0 Å². The molecule has 0 aliphatic heterocycles.